The summed E-state index contributed by atoms with van der Waals surface area (Å²) in [5.41, 5.74) is -1.01. The van der Waals surface area contributed by atoms with Gasteiger partial charge in [-0.15, -0.1) is 0 Å². The fraction of sp³-hybridized carbons (Fsp3) is 0.222. The third kappa shape index (κ3) is 3.95. The Balaban J connectivity index is 1.78. The number of piperazine rings is 1. The second kappa shape index (κ2) is 7.67. The molecule has 1 aromatic heterocycles. The molecule has 0 unspecified atom stereocenters. The number of amides is 3. The summed E-state index contributed by atoms with van der Waals surface area (Å²) < 4.78 is 40.4. The lowest BCUT2D eigenvalue weighted by atomic mass is 10.1. The molecule has 10 heteroatoms. The molecular weight excluding hydrogens is 377 g/mol. The molecule has 0 radical (unpaired) electrons. The first-order chi connectivity index (χ1) is 13.3. The van der Waals surface area contributed by atoms with Crippen LogP contribution in [-0.2, 0) is 4.79 Å². The largest absolute Gasteiger partial charge is 0.342 e. The number of rotatable bonds is 3. The standard InChI is InChI=1S/C18H15F3N4O3/c1-24-5-6-25(9-15(24)26)18(28)13-3-2-4-14(22-13)23-17(27)16-11(20)7-10(19)8-12(16)21/h2-4,7-8H,5-6,9H2,1H3,(H,22,23,27). The maximum absolute atomic E-state index is 13.7. The third-order valence-electron chi connectivity index (χ3n) is 4.19. The molecule has 0 bridgehead atoms. The lowest BCUT2D eigenvalue weighted by molar-refractivity contribution is -0.133. The minimum atomic E-state index is -1.36. The number of likely N-dealkylation sites (N-methyl/N-ethyl adjacent to an activating group) is 1. The van der Waals surface area contributed by atoms with Crippen LogP contribution in [0.1, 0.15) is 20.8 Å². The van der Waals surface area contributed by atoms with Gasteiger partial charge in [-0.25, -0.2) is 18.2 Å². The second-order valence-corrected chi connectivity index (χ2v) is 6.15. The van der Waals surface area contributed by atoms with Crippen molar-refractivity contribution in [2.45, 2.75) is 0 Å². The van der Waals surface area contributed by atoms with Crippen LogP contribution in [0.15, 0.2) is 30.3 Å². The summed E-state index contributed by atoms with van der Waals surface area (Å²) in [5, 5.41) is 2.17. The SMILES string of the molecule is CN1CCN(C(=O)c2cccc(NC(=O)c3c(F)cc(F)cc3F)n2)CC1=O. The molecule has 0 aliphatic carbocycles. The van der Waals surface area contributed by atoms with Gasteiger partial charge in [0.1, 0.15) is 41.1 Å². The normalized spacial score (nSPS) is 14.2. The molecule has 2 aromatic rings. The van der Waals surface area contributed by atoms with Crippen molar-refractivity contribution in [3.8, 4) is 0 Å². The summed E-state index contributed by atoms with van der Waals surface area (Å²) in [6.07, 6.45) is 0. The molecule has 1 aliphatic rings. The Morgan fingerprint density at radius 3 is 2.43 bits per heavy atom. The zero-order valence-corrected chi connectivity index (χ0v) is 14.7. The molecule has 1 aromatic carbocycles. The van der Waals surface area contributed by atoms with E-state index in [9.17, 15) is 27.6 Å². The van der Waals surface area contributed by atoms with E-state index >= 15 is 0 Å². The van der Waals surface area contributed by atoms with E-state index < -0.39 is 34.8 Å². The summed E-state index contributed by atoms with van der Waals surface area (Å²) in [6.45, 7) is 0.606. The molecular formula is C18H15F3N4O3. The second-order valence-electron chi connectivity index (χ2n) is 6.15. The van der Waals surface area contributed by atoms with E-state index in [2.05, 4.69) is 10.3 Å². The molecule has 0 spiro atoms. The van der Waals surface area contributed by atoms with Crippen molar-refractivity contribution in [1.29, 1.82) is 0 Å². The molecule has 146 valence electrons. The van der Waals surface area contributed by atoms with Crippen LogP contribution >= 0.6 is 0 Å². The Hall–Kier alpha value is -3.43. The Kier molecular flexibility index (Phi) is 5.30. The Morgan fingerprint density at radius 1 is 1.11 bits per heavy atom. The molecule has 0 atom stereocenters. The monoisotopic (exact) mass is 392 g/mol. The van der Waals surface area contributed by atoms with Gasteiger partial charge in [0, 0.05) is 32.3 Å². The smallest absolute Gasteiger partial charge is 0.273 e. The highest BCUT2D eigenvalue weighted by Crippen LogP contribution is 2.17. The maximum Gasteiger partial charge on any atom is 0.273 e. The van der Waals surface area contributed by atoms with Gasteiger partial charge in [-0.3, -0.25) is 14.4 Å². The number of anilines is 1. The van der Waals surface area contributed by atoms with Gasteiger partial charge in [0.05, 0.1) is 0 Å². The number of carbonyl (C=O) groups excluding carboxylic acids is 3. The van der Waals surface area contributed by atoms with Crippen molar-refractivity contribution < 1.29 is 27.6 Å². The van der Waals surface area contributed by atoms with Gasteiger partial charge in [0.2, 0.25) is 5.91 Å². The minimum Gasteiger partial charge on any atom is -0.342 e. The predicted octanol–water partition coefficient (Wildman–Crippen LogP) is 1.67. The average Bonchev–Trinajstić information content (AvgIpc) is 2.62. The van der Waals surface area contributed by atoms with E-state index in [4.69, 9.17) is 0 Å². The lowest BCUT2D eigenvalue weighted by Gasteiger charge is -2.31. The number of carbonyl (C=O) groups is 3. The fourth-order valence-corrected chi connectivity index (χ4v) is 2.66. The number of halogens is 3. The highest BCUT2D eigenvalue weighted by molar-refractivity contribution is 6.04. The quantitative estimate of drug-likeness (QED) is 0.862. The van der Waals surface area contributed by atoms with E-state index in [-0.39, 0.29) is 24.0 Å². The molecule has 1 fully saturated rings. The molecule has 7 nitrogen and oxygen atoms in total. The summed E-state index contributed by atoms with van der Waals surface area (Å²) in [4.78, 5) is 43.2. The molecule has 1 aliphatic heterocycles. The van der Waals surface area contributed by atoms with Gasteiger partial charge in [0.15, 0.2) is 0 Å². The summed E-state index contributed by atoms with van der Waals surface area (Å²) in [5.74, 6) is -5.92. The molecule has 1 saturated heterocycles. The van der Waals surface area contributed by atoms with E-state index in [0.29, 0.717) is 25.2 Å². The van der Waals surface area contributed by atoms with Crippen molar-refractivity contribution in [3.05, 3.63) is 59.0 Å². The highest BCUT2D eigenvalue weighted by atomic mass is 19.1. The number of pyridine rings is 1. The molecule has 28 heavy (non-hydrogen) atoms. The first-order valence-electron chi connectivity index (χ1n) is 8.22. The molecule has 2 heterocycles. The van der Waals surface area contributed by atoms with E-state index in [1.807, 2.05) is 0 Å². The van der Waals surface area contributed by atoms with Crippen LogP contribution in [0.3, 0.4) is 0 Å². The number of hydrogen-bond acceptors (Lipinski definition) is 4. The van der Waals surface area contributed by atoms with Crippen LogP contribution in [0, 0.1) is 17.5 Å². The van der Waals surface area contributed by atoms with Gasteiger partial charge in [-0.2, -0.15) is 0 Å². The summed E-state index contributed by atoms with van der Waals surface area (Å²) in [6, 6.07) is 4.90. The van der Waals surface area contributed by atoms with Crippen LogP contribution in [0.25, 0.3) is 0 Å². The number of hydrogen-bond donors (Lipinski definition) is 1. The van der Waals surface area contributed by atoms with Gasteiger partial charge in [0.25, 0.3) is 11.8 Å². The predicted molar refractivity (Wildman–Crippen MR) is 92.0 cm³/mol. The number of benzene rings is 1. The zero-order chi connectivity index (χ0) is 20.4. The van der Waals surface area contributed by atoms with Crippen molar-refractivity contribution in [3.63, 3.8) is 0 Å². The van der Waals surface area contributed by atoms with Crippen molar-refractivity contribution in [2.75, 3.05) is 32.0 Å². The minimum absolute atomic E-state index is 0.0461. The fourth-order valence-electron chi connectivity index (χ4n) is 2.66. The molecule has 0 saturated carbocycles. The lowest BCUT2D eigenvalue weighted by Crippen LogP contribution is -2.50. The Labute approximate surface area is 157 Å². The van der Waals surface area contributed by atoms with Gasteiger partial charge >= 0.3 is 0 Å². The van der Waals surface area contributed by atoms with Crippen LogP contribution in [0.2, 0.25) is 0 Å². The topological polar surface area (TPSA) is 82.6 Å². The van der Waals surface area contributed by atoms with E-state index in [1.54, 1.807) is 7.05 Å². The Bertz CT molecular complexity index is 944. The first-order valence-corrected chi connectivity index (χ1v) is 8.22. The third-order valence-corrected chi connectivity index (χ3v) is 4.19. The molecule has 3 amide bonds. The Morgan fingerprint density at radius 2 is 1.79 bits per heavy atom. The van der Waals surface area contributed by atoms with Crippen LogP contribution in [0.4, 0.5) is 19.0 Å². The first kappa shape index (κ1) is 19.3. The average molecular weight is 392 g/mol. The van der Waals surface area contributed by atoms with Crippen molar-refractivity contribution in [2.24, 2.45) is 0 Å². The summed E-state index contributed by atoms with van der Waals surface area (Å²) in [7, 11) is 1.63. The van der Waals surface area contributed by atoms with Gasteiger partial charge in [-0.05, 0) is 12.1 Å². The van der Waals surface area contributed by atoms with E-state index in [1.165, 1.54) is 28.0 Å². The number of aromatic nitrogens is 1. The van der Waals surface area contributed by atoms with Crippen molar-refractivity contribution in [1.82, 2.24) is 14.8 Å². The number of nitrogens with zero attached hydrogens (tertiary/aromatic N) is 3. The number of nitrogens with one attached hydrogen (secondary N) is 1. The maximum atomic E-state index is 13.7. The van der Waals surface area contributed by atoms with Crippen LogP contribution in [-0.4, -0.2) is 59.2 Å². The van der Waals surface area contributed by atoms with Crippen molar-refractivity contribution >= 4 is 23.5 Å². The summed E-state index contributed by atoms with van der Waals surface area (Å²) >= 11 is 0. The highest BCUT2D eigenvalue weighted by Gasteiger charge is 2.26. The van der Waals surface area contributed by atoms with Gasteiger partial charge < -0.3 is 15.1 Å². The van der Waals surface area contributed by atoms with Gasteiger partial charge in [-0.1, -0.05) is 6.07 Å². The van der Waals surface area contributed by atoms with Crippen LogP contribution in [0.5, 0.6) is 0 Å². The molecule has 1 N–H and O–H groups in total. The van der Waals surface area contributed by atoms with Crippen LogP contribution < -0.4 is 5.32 Å². The van der Waals surface area contributed by atoms with E-state index in [0.717, 1.165) is 0 Å². The molecule has 3 rings (SSSR count). The zero-order valence-electron chi connectivity index (χ0n) is 14.7.